The molecular weight excluding hydrogens is 460 g/mol. The number of halogens is 6. The maximum absolute atomic E-state index is 13.2. The lowest BCUT2D eigenvalue weighted by molar-refractivity contribution is -0.212. The van der Waals surface area contributed by atoms with Crippen LogP contribution in [0.1, 0.15) is 45.4 Å². The van der Waals surface area contributed by atoms with Crippen LogP contribution in [0.15, 0.2) is 0 Å². The highest BCUT2D eigenvalue weighted by Gasteiger charge is 2.53. The first-order valence-electron chi connectivity index (χ1n) is 10.9. The summed E-state index contributed by atoms with van der Waals surface area (Å²) in [7, 11) is 1.99. The normalized spacial score (nSPS) is 36.1. The Morgan fingerprint density at radius 2 is 1.81 bits per heavy atom. The van der Waals surface area contributed by atoms with Crippen molar-refractivity contribution in [3.05, 3.63) is 0 Å². The highest BCUT2D eigenvalue weighted by atomic mass is 32.2. The lowest BCUT2D eigenvalue weighted by atomic mass is 9.83. The van der Waals surface area contributed by atoms with Crippen LogP contribution in [0.2, 0.25) is 0 Å². The minimum Gasteiger partial charge on any atom is -0.352 e. The second-order valence-corrected chi connectivity index (χ2v) is 10.5. The molecule has 2 saturated heterocycles. The number of rotatable bonds is 5. The molecule has 0 radical (unpaired) electrons. The van der Waals surface area contributed by atoms with Crippen molar-refractivity contribution in [2.24, 2.45) is 11.8 Å². The number of hydrazine groups is 1. The zero-order valence-electron chi connectivity index (χ0n) is 18.0. The van der Waals surface area contributed by atoms with Gasteiger partial charge in [-0.1, -0.05) is 13.3 Å². The van der Waals surface area contributed by atoms with Gasteiger partial charge in [0.25, 0.3) is 0 Å². The van der Waals surface area contributed by atoms with Crippen LogP contribution >= 0.6 is 11.8 Å². The van der Waals surface area contributed by atoms with E-state index in [0.29, 0.717) is 18.8 Å². The molecule has 6 unspecified atom stereocenters. The van der Waals surface area contributed by atoms with Gasteiger partial charge in [-0.2, -0.15) is 26.3 Å². The van der Waals surface area contributed by atoms with Crippen LogP contribution in [-0.4, -0.2) is 65.7 Å². The van der Waals surface area contributed by atoms with E-state index in [-0.39, 0.29) is 16.8 Å². The first-order valence-corrected chi connectivity index (χ1v) is 11.8. The van der Waals surface area contributed by atoms with Gasteiger partial charge in [0.2, 0.25) is 5.91 Å². The van der Waals surface area contributed by atoms with E-state index < -0.39 is 49.1 Å². The Labute approximate surface area is 187 Å². The fraction of sp³-hybridized carbons (Fsp3) is 0.947. The molecular formula is C19H31F6N5OS. The van der Waals surface area contributed by atoms with Crippen LogP contribution in [0, 0.1) is 11.8 Å². The van der Waals surface area contributed by atoms with Gasteiger partial charge >= 0.3 is 12.4 Å². The minimum atomic E-state index is -4.85. The summed E-state index contributed by atoms with van der Waals surface area (Å²) in [5.74, 6) is -2.65. The van der Waals surface area contributed by atoms with Crippen molar-refractivity contribution in [2.45, 2.75) is 86.7 Å². The molecule has 3 fully saturated rings. The van der Waals surface area contributed by atoms with E-state index in [1.807, 2.05) is 7.05 Å². The van der Waals surface area contributed by atoms with Gasteiger partial charge in [0.15, 0.2) is 0 Å². The van der Waals surface area contributed by atoms with Crippen molar-refractivity contribution >= 4 is 17.7 Å². The average Bonchev–Trinajstić information content (AvgIpc) is 3.11. The van der Waals surface area contributed by atoms with Gasteiger partial charge in [0, 0.05) is 11.3 Å². The second kappa shape index (κ2) is 10.2. The van der Waals surface area contributed by atoms with E-state index in [1.165, 1.54) is 0 Å². The van der Waals surface area contributed by atoms with Crippen molar-refractivity contribution in [3.8, 4) is 0 Å². The van der Waals surface area contributed by atoms with E-state index >= 15 is 0 Å². The number of carbonyl (C=O) groups is 1. The lowest BCUT2D eigenvalue weighted by Gasteiger charge is -2.39. The van der Waals surface area contributed by atoms with E-state index in [2.05, 4.69) is 33.3 Å². The van der Waals surface area contributed by atoms with Crippen molar-refractivity contribution < 1.29 is 31.1 Å². The van der Waals surface area contributed by atoms with Gasteiger partial charge in [0.1, 0.15) is 11.5 Å². The Balaban J connectivity index is 1.57. The summed E-state index contributed by atoms with van der Waals surface area (Å²) < 4.78 is 79.0. The Bertz CT molecular complexity index is 629. The molecule has 0 bridgehead atoms. The molecule has 13 heteroatoms. The first kappa shape index (κ1) is 25.9. The van der Waals surface area contributed by atoms with Crippen LogP contribution < -0.4 is 21.5 Å². The van der Waals surface area contributed by atoms with E-state index in [1.54, 1.807) is 11.8 Å². The summed E-state index contributed by atoms with van der Waals surface area (Å²) in [6.07, 6.45) is -8.26. The van der Waals surface area contributed by atoms with Crippen LogP contribution in [-0.2, 0) is 4.79 Å². The Morgan fingerprint density at radius 3 is 2.41 bits per heavy atom. The largest absolute Gasteiger partial charge is 0.403 e. The zero-order chi connectivity index (χ0) is 23.7. The standard InChI is InChI=1S/C19H31F6N5OS/c1-10(32-17-29-26-9-30(17)2)11-4-3-5-13(6-11)27-16(31)14-7-12(18(20,21)22)8-15(28-14)19(23,24)25/h10-15,17,26,28-29H,3-9H2,1-2H3,(H,27,31)/t10-,11?,12?,13?,14?,15?,17?/m0/s1. The Hall–Kier alpha value is -0.760. The number of thioether (sulfide) groups is 1. The number of nitrogens with zero attached hydrogens (tertiary/aromatic N) is 1. The van der Waals surface area contributed by atoms with Crippen LogP contribution in [0.25, 0.3) is 0 Å². The predicted molar refractivity (Wildman–Crippen MR) is 109 cm³/mol. The molecule has 3 rings (SSSR count). The molecule has 1 amide bonds. The van der Waals surface area contributed by atoms with E-state index in [4.69, 9.17) is 0 Å². The Kier molecular flexibility index (Phi) is 8.28. The van der Waals surface area contributed by atoms with Crippen LogP contribution in [0.5, 0.6) is 0 Å². The average molecular weight is 492 g/mol. The number of amides is 1. The summed E-state index contributed by atoms with van der Waals surface area (Å²) in [5.41, 5.74) is 6.35. The first-order chi connectivity index (χ1) is 14.8. The van der Waals surface area contributed by atoms with Gasteiger partial charge in [-0.05, 0) is 45.1 Å². The number of hydrogen-bond acceptors (Lipinski definition) is 6. The maximum atomic E-state index is 13.2. The summed E-state index contributed by atoms with van der Waals surface area (Å²) in [5, 5.41) is 5.12. The molecule has 4 N–H and O–H groups in total. The maximum Gasteiger partial charge on any atom is 0.403 e. The van der Waals surface area contributed by atoms with Crippen LogP contribution in [0.4, 0.5) is 26.3 Å². The molecule has 0 spiro atoms. The number of nitrogens with one attached hydrogen (secondary N) is 4. The second-order valence-electron chi connectivity index (χ2n) is 9.09. The lowest BCUT2D eigenvalue weighted by Crippen LogP contribution is -2.60. The van der Waals surface area contributed by atoms with Gasteiger partial charge < -0.3 is 5.32 Å². The third-order valence-electron chi connectivity index (χ3n) is 6.64. The topological polar surface area (TPSA) is 68.4 Å². The third kappa shape index (κ3) is 6.64. The molecule has 2 aliphatic heterocycles. The number of hydrogen-bond donors (Lipinski definition) is 4. The molecule has 3 aliphatic rings. The fourth-order valence-electron chi connectivity index (χ4n) is 4.71. The van der Waals surface area contributed by atoms with Crippen molar-refractivity contribution in [2.75, 3.05) is 13.7 Å². The highest BCUT2D eigenvalue weighted by molar-refractivity contribution is 8.00. The molecule has 7 atom stereocenters. The zero-order valence-corrected chi connectivity index (χ0v) is 18.8. The number of carbonyl (C=O) groups excluding carboxylic acids is 1. The molecule has 6 nitrogen and oxygen atoms in total. The number of alkyl halides is 6. The molecule has 2 heterocycles. The summed E-state index contributed by atoms with van der Waals surface area (Å²) in [4.78, 5) is 14.8. The van der Waals surface area contributed by atoms with Gasteiger partial charge in [0.05, 0.1) is 18.6 Å². The van der Waals surface area contributed by atoms with Gasteiger partial charge in [-0.15, -0.1) is 11.8 Å². The molecule has 1 aliphatic carbocycles. The smallest absolute Gasteiger partial charge is 0.352 e. The molecule has 0 aromatic heterocycles. The monoisotopic (exact) mass is 491 g/mol. The van der Waals surface area contributed by atoms with Crippen molar-refractivity contribution in [1.29, 1.82) is 0 Å². The SMILES string of the molecule is C[C@H](SC1NNCN1C)C1CCCC(NC(=O)C2CC(C(F)(F)F)CC(C(F)(F)F)N2)C1. The van der Waals surface area contributed by atoms with Crippen molar-refractivity contribution in [3.63, 3.8) is 0 Å². The minimum absolute atomic E-state index is 0.116. The van der Waals surface area contributed by atoms with Crippen molar-refractivity contribution in [1.82, 2.24) is 26.4 Å². The molecule has 186 valence electrons. The summed E-state index contributed by atoms with van der Waals surface area (Å²) >= 11 is 1.75. The molecule has 32 heavy (non-hydrogen) atoms. The summed E-state index contributed by atoms with van der Waals surface area (Å²) in [6, 6.07) is -4.12. The Morgan fingerprint density at radius 1 is 1.09 bits per heavy atom. The molecule has 0 aromatic rings. The van der Waals surface area contributed by atoms with Crippen LogP contribution in [0.3, 0.4) is 0 Å². The number of piperidine rings is 1. The highest BCUT2D eigenvalue weighted by Crippen LogP contribution is 2.40. The van der Waals surface area contributed by atoms with Gasteiger partial charge in [-0.25, -0.2) is 10.9 Å². The molecule has 1 saturated carbocycles. The van der Waals surface area contributed by atoms with Gasteiger partial charge in [-0.3, -0.25) is 15.0 Å². The summed E-state index contributed by atoms with van der Waals surface area (Å²) in [6.45, 7) is 2.83. The van der Waals surface area contributed by atoms with E-state index in [9.17, 15) is 31.1 Å². The van der Waals surface area contributed by atoms with E-state index in [0.717, 1.165) is 19.5 Å². The fourth-order valence-corrected chi connectivity index (χ4v) is 6.02. The molecule has 0 aromatic carbocycles. The predicted octanol–water partition coefficient (Wildman–Crippen LogP) is 2.93. The third-order valence-corrected chi connectivity index (χ3v) is 8.19. The quantitative estimate of drug-likeness (QED) is 0.444.